The van der Waals surface area contributed by atoms with E-state index in [0.29, 0.717) is 39.1 Å². The third-order valence-electron chi connectivity index (χ3n) is 5.41. The number of likely N-dealkylation sites (tertiary alicyclic amines) is 1. The second-order valence-electron chi connectivity index (χ2n) is 9.00. The van der Waals surface area contributed by atoms with Crippen molar-refractivity contribution in [2.45, 2.75) is 85.4 Å². The van der Waals surface area contributed by atoms with Gasteiger partial charge in [-0.25, -0.2) is 0 Å². The SMILES string of the molecule is CCOC(C)(C)CCN(CCC(C)(C)OCC)C(=O)CCN1C(=O)CC(C)C1=O. The average molecular weight is 413 g/mol. The molecular formula is C22H40N2O5. The predicted octanol–water partition coefficient (Wildman–Crippen LogP) is 3.01. The number of nitrogens with zero attached hydrogens (tertiary/aromatic N) is 2. The van der Waals surface area contributed by atoms with Gasteiger partial charge in [0, 0.05) is 51.6 Å². The summed E-state index contributed by atoms with van der Waals surface area (Å²) in [7, 11) is 0. The van der Waals surface area contributed by atoms with E-state index >= 15 is 0 Å². The van der Waals surface area contributed by atoms with Crippen LogP contribution < -0.4 is 0 Å². The summed E-state index contributed by atoms with van der Waals surface area (Å²) in [6.45, 7) is 16.3. The molecule has 0 aliphatic carbocycles. The average Bonchev–Trinajstić information content (AvgIpc) is 2.84. The highest BCUT2D eigenvalue weighted by molar-refractivity contribution is 6.03. The Morgan fingerprint density at radius 1 is 1.03 bits per heavy atom. The van der Waals surface area contributed by atoms with Crippen molar-refractivity contribution < 1.29 is 23.9 Å². The highest BCUT2D eigenvalue weighted by Gasteiger charge is 2.35. The van der Waals surface area contributed by atoms with Gasteiger partial charge >= 0.3 is 0 Å². The molecule has 0 aromatic heterocycles. The fourth-order valence-electron chi connectivity index (χ4n) is 3.54. The Morgan fingerprint density at radius 3 is 1.90 bits per heavy atom. The maximum absolute atomic E-state index is 12.9. The van der Waals surface area contributed by atoms with Crippen LogP contribution in [-0.4, -0.2) is 71.6 Å². The lowest BCUT2D eigenvalue weighted by atomic mass is 10.0. The van der Waals surface area contributed by atoms with Crippen LogP contribution in [0.2, 0.25) is 0 Å². The van der Waals surface area contributed by atoms with Crippen LogP contribution in [-0.2, 0) is 23.9 Å². The first-order chi connectivity index (χ1) is 13.4. The molecule has 1 fully saturated rings. The molecule has 0 aromatic carbocycles. The van der Waals surface area contributed by atoms with Crippen molar-refractivity contribution in [1.82, 2.24) is 9.80 Å². The number of carbonyl (C=O) groups is 3. The molecule has 1 rings (SSSR count). The van der Waals surface area contributed by atoms with Crippen molar-refractivity contribution in [3.8, 4) is 0 Å². The Labute approximate surface area is 176 Å². The molecule has 29 heavy (non-hydrogen) atoms. The van der Waals surface area contributed by atoms with Gasteiger partial charge < -0.3 is 14.4 Å². The zero-order chi connectivity index (χ0) is 22.2. The van der Waals surface area contributed by atoms with Gasteiger partial charge in [0.25, 0.3) is 0 Å². The van der Waals surface area contributed by atoms with Gasteiger partial charge in [-0.3, -0.25) is 19.3 Å². The molecule has 0 saturated carbocycles. The number of carbonyl (C=O) groups excluding carboxylic acids is 3. The Hall–Kier alpha value is -1.47. The lowest BCUT2D eigenvalue weighted by molar-refractivity contribution is -0.140. The fraction of sp³-hybridized carbons (Fsp3) is 0.864. The van der Waals surface area contributed by atoms with Crippen molar-refractivity contribution in [1.29, 1.82) is 0 Å². The van der Waals surface area contributed by atoms with Gasteiger partial charge in [-0.15, -0.1) is 0 Å². The molecule has 0 N–H and O–H groups in total. The van der Waals surface area contributed by atoms with E-state index < -0.39 is 0 Å². The molecule has 1 unspecified atom stereocenters. The lowest BCUT2D eigenvalue weighted by Crippen LogP contribution is -2.42. The van der Waals surface area contributed by atoms with Crippen molar-refractivity contribution in [2.24, 2.45) is 5.92 Å². The van der Waals surface area contributed by atoms with Crippen LogP contribution >= 0.6 is 0 Å². The van der Waals surface area contributed by atoms with Crippen LogP contribution in [0.1, 0.15) is 74.1 Å². The molecule has 7 heteroatoms. The van der Waals surface area contributed by atoms with Crippen LogP contribution in [0, 0.1) is 5.92 Å². The normalized spacial score (nSPS) is 17.9. The topological polar surface area (TPSA) is 76.2 Å². The summed E-state index contributed by atoms with van der Waals surface area (Å²) in [5.74, 6) is -0.696. The van der Waals surface area contributed by atoms with Gasteiger partial charge in [0.15, 0.2) is 0 Å². The molecule has 1 aliphatic rings. The number of amides is 3. The number of hydrogen-bond acceptors (Lipinski definition) is 5. The summed E-state index contributed by atoms with van der Waals surface area (Å²) in [4.78, 5) is 40.1. The lowest BCUT2D eigenvalue weighted by Gasteiger charge is -2.32. The molecule has 0 radical (unpaired) electrons. The third-order valence-corrected chi connectivity index (χ3v) is 5.41. The van der Waals surface area contributed by atoms with Crippen molar-refractivity contribution in [2.75, 3.05) is 32.8 Å². The Balaban J connectivity index is 2.73. The first-order valence-electron chi connectivity index (χ1n) is 10.8. The molecule has 1 aliphatic heterocycles. The van der Waals surface area contributed by atoms with E-state index in [1.54, 1.807) is 6.92 Å². The van der Waals surface area contributed by atoms with E-state index in [4.69, 9.17) is 9.47 Å². The van der Waals surface area contributed by atoms with Crippen LogP contribution in [0.3, 0.4) is 0 Å². The van der Waals surface area contributed by atoms with Gasteiger partial charge in [0.05, 0.1) is 11.2 Å². The molecule has 0 spiro atoms. The largest absolute Gasteiger partial charge is 0.376 e. The molecular weight excluding hydrogens is 372 g/mol. The Kier molecular flexibility index (Phi) is 9.76. The number of rotatable bonds is 13. The Bertz CT molecular complexity index is 552. The molecule has 0 aromatic rings. The molecule has 1 atom stereocenters. The van der Waals surface area contributed by atoms with E-state index in [9.17, 15) is 14.4 Å². The number of hydrogen-bond donors (Lipinski definition) is 0. The molecule has 168 valence electrons. The number of imide groups is 1. The van der Waals surface area contributed by atoms with E-state index in [-0.39, 0.29) is 54.2 Å². The first-order valence-corrected chi connectivity index (χ1v) is 10.8. The summed E-state index contributed by atoms with van der Waals surface area (Å²) < 4.78 is 11.5. The fourth-order valence-corrected chi connectivity index (χ4v) is 3.54. The highest BCUT2D eigenvalue weighted by Crippen LogP contribution is 2.21. The van der Waals surface area contributed by atoms with E-state index in [1.165, 1.54) is 4.90 Å². The van der Waals surface area contributed by atoms with E-state index in [1.807, 2.05) is 46.4 Å². The molecule has 0 bridgehead atoms. The van der Waals surface area contributed by atoms with Gasteiger partial charge in [-0.05, 0) is 54.4 Å². The van der Waals surface area contributed by atoms with Gasteiger partial charge in [-0.2, -0.15) is 0 Å². The summed E-state index contributed by atoms with van der Waals surface area (Å²) >= 11 is 0. The maximum Gasteiger partial charge on any atom is 0.232 e. The quantitative estimate of drug-likeness (QED) is 0.435. The highest BCUT2D eigenvalue weighted by atomic mass is 16.5. The maximum atomic E-state index is 12.9. The standard InChI is InChI=1S/C22H40N2O5/c1-8-28-21(4,5)11-14-23(15-12-22(6,7)29-9-2)18(25)10-13-24-19(26)16-17(3)20(24)27/h17H,8-16H2,1-7H3. The smallest absolute Gasteiger partial charge is 0.232 e. The third kappa shape index (κ3) is 8.42. The van der Waals surface area contributed by atoms with Crippen LogP contribution in [0.25, 0.3) is 0 Å². The van der Waals surface area contributed by atoms with Gasteiger partial charge in [0.2, 0.25) is 17.7 Å². The minimum absolute atomic E-state index is 0.0512. The molecule has 1 heterocycles. The zero-order valence-corrected chi connectivity index (χ0v) is 19.4. The summed E-state index contributed by atoms with van der Waals surface area (Å²) in [5, 5.41) is 0. The molecule has 1 saturated heterocycles. The summed E-state index contributed by atoms with van der Waals surface area (Å²) in [6.07, 6.45) is 1.80. The zero-order valence-electron chi connectivity index (χ0n) is 19.4. The monoisotopic (exact) mass is 412 g/mol. The van der Waals surface area contributed by atoms with Crippen LogP contribution in [0.5, 0.6) is 0 Å². The first kappa shape index (κ1) is 25.6. The Morgan fingerprint density at radius 2 is 1.52 bits per heavy atom. The van der Waals surface area contributed by atoms with Crippen LogP contribution in [0.15, 0.2) is 0 Å². The minimum Gasteiger partial charge on any atom is -0.376 e. The van der Waals surface area contributed by atoms with Crippen molar-refractivity contribution in [3.63, 3.8) is 0 Å². The second kappa shape index (κ2) is 11.1. The molecule has 3 amide bonds. The number of ether oxygens (including phenoxy) is 2. The summed E-state index contributed by atoms with van der Waals surface area (Å²) in [6, 6.07) is 0. The van der Waals surface area contributed by atoms with Crippen molar-refractivity contribution in [3.05, 3.63) is 0 Å². The minimum atomic E-state index is -0.320. The molecule has 7 nitrogen and oxygen atoms in total. The summed E-state index contributed by atoms with van der Waals surface area (Å²) in [5.41, 5.74) is -0.641. The predicted molar refractivity (Wildman–Crippen MR) is 112 cm³/mol. The van der Waals surface area contributed by atoms with Crippen LogP contribution in [0.4, 0.5) is 0 Å². The van der Waals surface area contributed by atoms with E-state index in [2.05, 4.69) is 0 Å². The van der Waals surface area contributed by atoms with Crippen molar-refractivity contribution >= 4 is 17.7 Å². The van der Waals surface area contributed by atoms with Gasteiger partial charge in [-0.1, -0.05) is 6.92 Å². The van der Waals surface area contributed by atoms with Gasteiger partial charge in [0.1, 0.15) is 0 Å². The second-order valence-corrected chi connectivity index (χ2v) is 9.00. The van der Waals surface area contributed by atoms with E-state index in [0.717, 1.165) is 0 Å².